The van der Waals surface area contributed by atoms with Gasteiger partial charge >= 0.3 is 5.97 Å². The van der Waals surface area contributed by atoms with Crippen molar-refractivity contribution in [3.8, 4) is 5.75 Å². The Labute approximate surface area is 185 Å². The molecule has 6 nitrogen and oxygen atoms in total. The molecule has 0 saturated carbocycles. The monoisotopic (exact) mass is 435 g/mol. The molecule has 32 heavy (non-hydrogen) atoms. The van der Waals surface area contributed by atoms with E-state index in [1.807, 2.05) is 0 Å². The van der Waals surface area contributed by atoms with E-state index in [1.165, 1.54) is 12.1 Å². The molecule has 164 valence electrons. The van der Waals surface area contributed by atoms with Crippen LogP contribution >= 0.6 is 0 Å². The molecule has 0 aliphatic rings. The topological polar surface area (TPSA) is 81.7 Å². The standard InChI is InChI=1S/C25H22FNO5/c1-31-21-13-11-20(12-14-21)27-22(15-23(28)17-5-3-2-4-6-17)25(30)32-16-24(29)18-7-9-19(26)10-8-18/h2-14,22,27H,15-16H2,1H3. The summed E-state index contributed by atoms with van der Waals surface area (Å²) < 4.78 is 23.3. The molecule has 1 unspecified atom stereocenters. The van der Waals surface area contributed by atoms with E-state index in [9.17, 15) is 18.8 Å². The Bertz CT molecular complexity index is 1070. The number of carbonyl (C=O) groups is 3. The Kier molecular flexibility index (Phi) is 7.70. The Morgan fingerprint density at radius 2 is 1.47 bits per heavy atom. The van der Waals surface area contributed by atoms with Crippen molar-refractivity contribution < 1.29 is 28.2 Å². The number of Topliss-reactive ketones (excluding diaryl/α,β-unsaturated/α-hetero) is 2. The first kappa shape index (κ1) is 22.7. The molecule has 0 heterocycles. The van der Waals surface area contributed by atoms with Crippen LogP contribution in [-0.2, 0) is 9.53 Å². The lowest BCUT2D eigenvalue weighted by atomic mass is 10.0. The van der Waals surface area contributed by atoms with Gasteiger partial charge in [-0.15, -0.1) is 0 Å². The predicted molar refractivity (Wildman–Crippen MR) is 117 cm³/mol. The molecule has 0 fully saturated rings. The zero-order valence-corrected chi connectivity index (χ0v) is 17.4. The lowest BCUT2D eigenvalue weighted by Gasteiger charge is -2.18. The summed E-state index contributed by atoms with van der Waals surface area (Å²) in [6.45, 7) is -0.523. The predicted octanol–water partition coefficient (Wildman–Crippen LogP) is 4.31. The van der Waals surface area contributed by atoms with Crippen LogP contribution in [0.2, 0.25) is 0 Å². The summed E-state index contributed by atoms with van der Waals surface area (Å²) in [5, 5.41) is 2.99. The van der Waals surface area contributed by atoms with Gasteiger partial charge in [-0.05, 0) is 48.5 Å². The first-order valence-corrected chi connectivity index (χ1v) is 9.90. The van der Waals surface area contributed by atoms with Crippen LogP contribution in [-0.4, -0.2) is 37.3 Å². The Hall–Kier alpha value is -4.00. The molecule has 3 aromatic carbocycles. The largest absolute Gasteiger partial charge is 0.497 e. The van der Waals surface area contributed by atoms with Crippen LogP contribution in [0.1, 0.15) is 27.1 Å². The number of methoxy groups -OCH3 is 1. The lowest BCUT2D eigenvalue weighted by molar-refractivity contribution is -0.143. The summed E-state index contributed by atoms with van der Waals surface area (Å²) in [4.78, 5) is 37.7. The molecule has 0 radical (unpaired) electrons. The van der Waals surface area contributed by atoms with Crippen molar-refractivity contribution in [1.29, 1.82) is 0 Å². The van der Waals surface area contributed by atoms with E-state index in [1.54, 1.807) is 61.7 Å². The Morgan fingerprint density at radius 1 is 0.844 bits per heavy atom. The number of rotatable bonds is 10. The maximum Gasteiger partial charge on any atom is 0.329 e. The number of nitrogens with one attached hydrogen (secondary N) is 1. The minimum atomic E-state index is -1.02. The highest BCUT2D eigenvalue weighted by molar-refractivity contribution is 6.01. The van der Waals surface area contributed by atoms with Crippen LogP contribution in [0.15, 0.2) is 78.9 Å². The SMILES string of the molecule is COc1ccc(NC(CC(=O)c2ccccc2)C(=O)OCC(=O)c2ccc(F)cc2)cc1. The third kappa shape index (κ3) is 6.25. The van der Waals surface area contributed by atoms with Gasteiger partial charge in [-0.3, -0.25) is 9.59 Å². The van der Waals surface area contributed by atoms with Crippen molar-refractivity contribution in [3.05, 3.63) is 95.8 Å². The van der Waals surface area contributed by atoms with Gasteiger partial charge in [-0.25, -0.2) is 9.18 Å². The van der Waals surface area contributed by atoms with E-state index in [0.717, 1.165) is 12.1 Å². The van der Waals surface area contributed by atoms with E-state index in [4.69, 9.17) is 9.47 Å². The van der Waals surface area contributed by atoms with Crippen LogP contribution in [0.25, 0.3) is 0 Å². The minimum absolute atomic E-state index is 0.167. The molecule has 0 aromatic heterocycles. The zero-order chi connectivity index (χ0) is 22.9. The number of halogens is 1. The summed E-state index contributed by atoms with van der Waals surface area (Å²) in [6, 6.07) is 19.3. The molecule has 3 rings (SSSR count). The molecule has 0 spiro atoms. The first-order chi connectivity index (χ1) is 15.5. The van der Waals surface area contributed by atoms with Crippen molar-refractivity contribution in [3.63, 3.8) is 0 Å². The number of hydrogen-bond acceptors (Lipinski definition) is 6. The quantitative estimate of drug-likeness (QED) is 0.377. The number of anilines is 1. The van der Waals surface area contributed by atoms with Gasteiger partial charge in [0.15, 0.2) is 18.2 Å². The van der Waals surface area contributed by atoms with E-state index < -0.39 is 30.2 Å². The van der Waals surface area contributed by atoms with Crippen molar-refractivity contribution in [2.45, 2.75) is 12.5 Å². The van der Waals surface area contributed by atoms with Crippen LogP contribution in [0, 0.1) is 5.82 Å². The first-order valence-electron chi connectivity index (χ1n) is 9.90. The van der Waals surface area contributed by atoms with Crippen LogP contribution < -0.4 is 10.1 Å². The summed E-state index contributed by atoms with van der Waals surface area (Å²) in [7, 11) is 1.54. The summed E-state index contributed by atoms with van der Waals surface area (Å²) >= 11 is 0. The number of ether oxygens (including phenoxy) is 2. The zero-order valence-electron chi connectivity index (χ0n) is 17.4. The lowest BCUT2D eigenvalue weighted by Crippen LogP contribution is -2.34. The molecule has 0 saturated heterocycles. The third-order valence-electron chi connectivity index (χ3n) is 4.71. The van der Waals surface area contributed by atoms with Crippen LogP contribution in [0.5, 0.6) is 5.75 Å². The highest BCUT2D eigenvalue weighted by Gasteiger charge is 2.25. The summed E-state index contributed by atoms with van der Waals surface area (Å²) in [5.41, 5.74) is 1.27. The molecule has 1 atom stereocenters. The van der Waals surface area contributed by atoms with Gasteiger partial charge in [-0.2, -0.15) is 0 Å². The second-order valence-corrected chi connectivity index (χ2v) is 6.96. The van der Waals surface area contributed by atoms with E-state index >= 15 is 0 Å². The molecule has 7 heteroatoms. The fourth-order valence-corrected chi connectivity index (χ4v) is 2.97. The molecule has 1 N–H and O–H groups in total. The second-order valence-electron chi connectivity index (χ2n) is 6.96. The highest BCUT2D eigenvalue weighted by atomic mass is 19.1. The van der Waals surface area contributed by atoms with Gasteiger partial charge in [0.05, 0.1) is 7.11 Å². The minimum Gasteiger partial charge on any atom is -0.497 e. The van der Waals surface area contributed by atoms with Crippen molar-refractivity contribution in [1.82, 2.24) is 0 Å². The molecule has 3 aromatic rings. The maximum atomic E-state index is 13.0. The Morgan fingerprint density at radius 3 is 2.09 bits per heavy atom. The van der Waals surface area contributed by atoms with Crippen LogP contribution in [0.4, 0.5) is 10.1 Å². The fourth-order valence-electron chi connectivity index (χ4n) is 2.97. The number of carbonyl (C=O) groups excluding carboxylic acids is 3. The van der Waals surface area contributed by atoms with Crippen molar-refractivity contribution >= 4 is 23.2 Å². The summed E-state index contributed by atoms with van der Waals surface area (Å²) in [6.07, 6.45) is -0.167. The van der Waals surface area contributed by atoms with Gasteiger partial charge in [0.2, 0.25) is 0 Å². The molecular formula is C25H22FNO5. The van der Waals surface area contributed by atoms with Gasteiger partial charge in [0, 0.05) is 23.2 Å². The van der Waals surface area contributed by atoms with Crippen LogP contribution in [0.3, 0.4) is 0 Å². The number of hydrogen-bond donors (Lipinski definition) is 1. The average molecular weight is 435 g/mol. The number of benzene rings is 3. The van der Waals surface area contributed by atoms with E-state index in [2.05, 4.69) is 5.32 Å². The molecular weight excluding hydrogens is 413 g/mol. The smallest absolute Gasteiger partial charge is 0.329 e. The molecule has 0 aliphatic carbocycles. The highest BCUT2D eigenvalue weighted by Crippen LogP contribution is 2.18. The van der Waals surface area contributed by atoms with E-state index in [0.29, 0.717) is 17.0 Å². The van der Waals surface area contributed by atoms with E-state index in [-0.39, 0.29) is 17.8 Å². The van der Waals surface area contributed by atoms with Gasteiger partial charge in [-0.1, -0.05) is 30.3 Å². The van der Waals surface area contributed by atoms with Gasteiger partial charge in [0.25, 0.3) is 0 Å². The third-order valence-corrected chi connectivity index (χ3v) is 4.71. The van der Waals surface area contributed by atoms with Gasteiger partial charge in [0.1, 0.15) is 17.6 Å². The van der Waals surface area contributed by atoms with Gasteiger partial charge < -0.3 is 14.8 Å². The average Bonchev–Trinajstić information content (AvgIpc) is 2.83. The Balaban J connectivity index is 1.70. The molecule has 0 aliphatic heterocycles. The summed E-state index contributed by atoms with van der Waals surface area (Å²) in [5.74, 6) is -1.31. The second kappa shape index (κ2) is 10.9. The number of esters is 1. The molecule has 0 amide bonds. The molecule has 0 bridgehead atoms. The number of ketones is 2. The normalized spacial score (nSPS) is 11.3. The maximum absolute atomic E-state index is 13.0. The van der Waals surface area contributed by atoms with Crippen molar-refractivity contribution in [2.24, 2.45) is 0 Å². The van der Waals surface area contributed by atoms with Crippen molar-refractivity contribution in [2.75, 3.05) is 19.0 Å². The fraction of sp³-hybridized carbons (Fsp3) is 0.160.